The Morgan fingerprint density at radius 1 is 1.47 bits per heavy atom. The van der Waals surface area contributed by atoms with Gasteiger partial charge in [-0.15, -0.1) is 0 Å². The van der Waals surface area contributed by atoms with Crippen LogP contribution in [0.4, 0.5) is 0 Å². The van der Waals surface area contributed by atoms with Gasteiger partial charge in [0.05, 0.1) is 7.11 Å². The van der Waals surface area contributed by atoms with E-state index in [-0.39, 0.29) is 5.97 Å². The van der Waals surface area contributed by atoms with E-state index in [9.17, 15) is 4.79 Å². The van der Waals surface area contributed by atoms with E-state index in [0.717, 1.165) is 19.6 Å². The van der Waals surface area contributed by atoms with E-state index in [1.807, 2.05) is 6.08 Å². The Kier molecular flexibility index (Phi) is 7.05. The lowest BCUT2D eigenvalue weighted by Crippen LogP contribution is -2.28. The number of hydrogen-bond acceptors (Lipinski definition) is 3. The Labute approximate surface area is 93.1 Å². The van der Waals surface area contributed by atoms with Crippen molar-refractivity contribution >= 4 is 5.97 Å². The molecule has 0 aliphatic carbocycles. The summed E-state index contributed by atoms with van der Waals surface area (Å²) in [5.41, 5.74) is 0.680. The molecule has 0 atom stereocenters. The van der Waals surface area contributed by atoms with Crippen LogP contribution < -0.4 is 0 Å². The predicted molar refractivity (Wildman–Crippen MR) is 62.7 cm³/mol. The summed E-state index contributed by atoms with van der Waals surface area (Å²) in [6.07, 6.45) is 1.93. The Morgan fingerprint density at radius 2 is 2.07 bits per heavy atom. The minimum atomic E-state index is -0.240. The van der Waals surface area contributed by atoms with Gasteiger partial charge in [0.2, 0.25) is 0 Å². The quantitative estimate of drug-likeness (QED) is 0.500. The van der Waals surface area contributed by atoms with Crippen molar-refractivity contribution in [1.82, 2.24) is 4.90 Å². The molecule has 0 saturated heterocycles. The van der Waals surface area contributed by atoms with Crippen molar-refractivity contribution in [3.8, 4) is 0 Å². The first kappa shape index (κ1) is 14.2. The maximum absolute atomic E-state index is 11.1. The molecule has 3 nitrogen and oxygen atoms in total. The minimum absolute atomic E-state index is 0.240. The molecule has 3 heteroatoms. The fraction of sp³-hybridized carbons (Fsp3) is 0.750. The van der Waals surface area contributed by atoms with Crippen molar-refractivity contribution in [3.05, 3.63) is 11.6 Å². The molecule has 88 valence electrons. The van der Waals surface area contributed by atoms with Crippen LogP contribution in [0, 0.1) is 5.92 Å². The Morgan fingerprint density at radius 3 is 2.47 bits per heavy atom. The van der Waals surface area contributed by atoms with Crippen LogP contribution in [0.1, 0.15) is 27.7 Å². The molecule has 0 aromatic heterocycles. The standard InChI is InChI=1S/C12H23NO2/c1-6-13(9-10(2)3)8-7-11(4)12(14)15-5/h7,10H,6,8-9H2,1-5H3. The lowest BCUT2D eigenvalue weighted by molar-refractivity contribution is -0.136. The summed E-state index contributed by atoms with van der Waals surface area (Å²) in [7, 11) is 1.41. The van der Waals surface area contributed by atoms with Gasteiger partial charge in [0.15, 0.2) is 0 Å². The van der Waals surface area contributed by atoms with E-state index in [2.05, 4.69) is 30.4 Å². The van der Waals surface area contributed by atoms with Crippen molar-refractivity contribution in [2.75, 3.05) is 26.7 Å². The van der Waals surface area contributed by atoms with Gasteiger partial charge in [-0.25, -0.2) is 4.79 Å². The summed E-state index contributed by atoms with van der Waals surface area (Å²) in [6.45, 7) is 11.2. The van der Waals surface area contributed by atoms with Crippen LogP contribution >= 0.6 is 0 Å². The zero-order chi connectivity index (χ0) is 11.8. The molecule has 0 spiro atoms. The highest BCUT2D eigenvalue weighted by Crippen LogP contribution is 2.01. The third-order valence-electron chi connectivity index (χ3n) is 2.23. The number of esters is 1. The first-order chi connectivity index (χ1) is 7.01. The van der Waals surface area contributed by atoms with Gasteiger partial charge in [0.25, 0.3) is 0 Å². The molecule has 0 fully saturated rings. The van der Waals surface area contributed by atoms with Crippen LogP contribution in [0.2, 0.25) is 0 Å². The van der Waals surface area contributed by atoms with E-state index in [1.54, 1.807) is 6.92 Å². The maximum Gasteiger partial charge on any atom is 0.333 e. The van der Waals surface area contributed by atoms with Gasteiger partial charge in [0.1, 0.15) is 0 Å². The number of ether oxygens (including phenoxy) is 1. The van der Waals surface area contributed by atoms with Gasteiger partial charge < -0.3 is 4.74 Å². The number of hydrogen-bond donors (Lipinski definition) is 0. The van der Waals surface area contributed by atoms with Gasteiger partial charge in [-0.2, -0.15) is 0 Å². The smallest absolute Gasteiger partial charge is 0.333 e. The molecule has 0 aliphatic heterocycles. The first-order valence-electron chi connectivity index (χ1n) is 5.48. The van der Waals surface area contributed by atoms with Crippen LogP contribution in [0.25, 0.3) is 0 Å². The molecule has 0 N–H and O–H groups in total. The molecule has 0 aromatic carbocycles. The van der Waals surface area contributed by atoms with Crippen LogP contribution in [0.5, 0.6) is 0 Å². The summed E-state index contributed by atoms with van der Waals surface area (Å²) in [4.78, 5) is 13.4. The molecule has 0 unspecified atom stereocenters. The summed E-state index contributed by atoms with van der Waals surface area (Å²) in [6, 6.07) is 0. The molecule has 0 rings (SSSR count). The second-order valence-electron chi connectivity index (χ2n) is 4.12. The summed E-state index contributed by atoms with van der Waals surface area (Å²) < 4.78 is 4.63. The van der Waals surface area contributed by atoms with Crippen LogP contribution in [-0.2, 0) is 9.53 Å². The second kappa shape index (κ2) is 7.46. The van der Waals surface area contributed by atoms with Crippen molar-refractivity contribution in [2.45, 2.75) is 27.7 Å². The van der Waals surface area contributed by atoms with Crippen molar-refractivity contribution in [3.63, 3.8) is 0 Å². The number of carbonyl (C=O) groups is 1. The number of carbonyl (C=O) groups excluding carboxylic acids is 1. The summed E-state index contributed by atoms with van der Waals surface area (Å²) in [5.74, 6) is 0.410. The van der Waals surface area contributed by atoms with Crippen molar-refractivity contribution in [2.24, 2.45) is 5.92 Å². The van der Waals surface area contributed by atoms with Crippen LogP contribution in [-0.4, -0.2) is 37.6 Å². The molecule has 15 heavy (non-hydrogen) atoms. The molecular weight excluding hydrogens is 190 g/mol. The number of likely N-dealkylation sites (N-methyl/N-ethyl adjacent to an activating group) is 1. The summed E-state index contributed by atoms with van der Waals surface area (Å²) >= 11 is 0. The van der Waals surface area contributed by atoms with Gasteiger partial charge in [-0.1, -0.05) is 26.8 Å². The fourth-order valence-electron chi connectivity index (χ4n) is 1.36. The fourth-order valence-corrected chi connectivity index (χ4v) is 1.36. The highest BCUT2D eigenvalue weighted by molar-refractivity contribution is 5.87. The number of rotatable bonds is 6. The second-order valence-corrected chi connectivity index (χ2v) is 4.12. The van der Waals surface area contributed by atoms with Crippen LogP contribution in [0.3, 0.4) is 0 Å². The minimum Gasteiger partial charge on any atom is -0.466 e. The lowest BCUT2D eigenvalue weighted by atomic mass is 10.2. The predicted octanol–water partition coefficient (Wildman–Crippen LogP) is 2.08. The van der Waals surface area contributed by atoms with E-state index < -0.39 is 0 Å². The van der Waals surface area contributed by atoms with E-state index >= 15 is 0 Å². The summed E-state index contributed by atoms with van der Waals surface area (Å²) in [5, 5.41) is 0. The average Bonchev–Trinajstić information content (AvgIpc) is 2.21. The van der Waals surface area contributed by atoms with Gasteiger partial charge in [0, 0.05) is 18.7 Å². The molecule has 0 radical (unpaired) electrons. The SMILES string of the molecule is CCN(CC=C(C)C(=O)OC)CC(C)C. The third kappa shape index (κ3) is 6.28. The molecule has 0 amide bonds. The van der Waals surface area contributed by atoms with E-state index in [4.69, 9.17) is 0 Å². The van der Waals surface area contributed by atoms with Crippen molar-refractivity contribution in [1.29, 1.82) is 0 Å². The molecular formula is C12H23NO2. The van der Waals surface area contributed by atoms with E-state index in [0.29, 0.717) is 11.5 Å². The molecule has 0 aromatic rings. The zero-order valence-corrected chi connectivity index (χ0v) is 10.5. The lowest BCUT2D eigenvalue weighted by Gasteiger charge is -2.20. The number of nitrogens with zero attached hydrogens (tertiary/aromatic N) is 1. The van der Waals surface area contributed by atoms with Gasteiger partial charge in [-0.3, -0.25) is 4.90 Å². The number of methoxy groups -OCH3 is 1. The Hall–Kier alpha value is -0.830. The zero-order valence-electron chi connectivity index (χ0n) is 10.5. The first-order valence-corrected chi connectivity index (χ1v) is 5.48. The van der Waals surface area contributed by atoms with E-state index in [1.165, 1.54) is 7.11 Å². The third-order valence-corrected chi connectivity index (χ3v) is 2.23. The van der Waals surface area contributed by atoms with Crippen LogP contribution in [0.15, 0.2) is 11.6 Å². The Bertz CT molecular complexity index is 222. The highest BCUT2D eigenvalue weighted by atomic mass is 16.5. The monoisotopic (exact) mass is 213 g/mol. The molecule has 0 aliphatic rings. The van der Waals surface area contributed by atoms with Gasteiger partial charge >= 0.3 is 5.97 Å². The average molecular weight is 213 g/mol. The normalized spacial score (nSPS) is 12.3. The largest absolute Gasteiger partial charge is 0.466 e. The van der Waals surface area contributed by atoms with Gasteiger partial charge in [-0.05, 0) is 19.4 Å². The maximum atomic E-state index is 11.1. The molecule has 0 heterocycles. The highest BCUT2D eigenvalue weighted by Gasteiger charge is 2.06. The molecule has 0 bridgehead atoms. The Balaban J connectivity index is 4.14. The topological polar surface area (TPSA) is 29.5 Å². The molecule has 0 saturated carbocycles. The van der Waals surface area contributed by atoms with Crippen molar-refractivity contribution < 1.29 is 9.53 Å².